The molecule has 0 aliphatic carbocycles. The molecular weight excluding hydrogens is 238 g/mol. The molecule has 5 heteroatoms. The lowest BCUT2D eigenvalue weighted by Crippen LogP contribution is -2.30. The highest BCUT2D eigenvalue weighted by atomic mass is 32.2. The molecule has 4 nitrogen and oxygen atoms in total. The normalized spacial score (nSPS) is 25.4. The van der Waals surface area contributed by atoms with E-state index in [2.05, 4.69) is 0 Å². The molecule has 1 fully saturated rings. The van der Waals surface area contributed by atoms with Crippen molar-refractivity contribution >= 4 is 17.7 Å². The van der Waals surface area contributed by atoms with Gasteiger partial charge >= 0.3 is 0 Å². The third-order valence-electron chi connectivity index (χ3n) is 2.88. The molecule has 17 heavy (non-hydrogen) atoms. The fourth-order valence-electron chi connectivity index (χ4n) is 1.94. The second-order valence-electron chi connectivity index (χ2n) is 3.84. The van der Waals surface area contributed by atoms with Gasteiger partial charge in [-0.3, -0.25) is 4.79 Å². The molecule has 0 N–H and O–H groups in total. The Hall–Kier alpha value is -0.520. The van der Waals surface area contributed by atoms with Crippen LogP contribution in [0.4, 0.5) is 0 Å². The first-order valence-electron chi connectivity index (χ1n) is 5.81. The Labute approximate surface area is 107 Å². The summed E-state index contributed by atoms with van der Waals surface area (Å²) in [6, 6.07) is 0. The van der Waals surface area contributed by atoms with E-state index in [0.29, 0.717) is 13.1 Å². The number of rotatable bonds is 5. The summed E-state index contributed by atoms with van der Waals surface area (Å²) >= 11 is 1.58. The predicted molar refractivity (Wildman–Crippen MR) is 70.1 cm³/mol. The quantitative estimate of drug-likeness (QED) is 0.702. The summed E-state index contributed by atoms with van der Waals surface area (Å²) in [6.07, 6.45) is 1.83. The SMILES string of the molecule is C/C=C(\SCC)C(=O)N1CC(OC)C(OC)C1. The van der Waals surface area contributed by atoms with E-state index in [1.807, 2.05) is 19.9 Å². The van der Waals surface area contributed by atoms with Gasteiger partial charge < -0.3 is 14.4 Å². The number of allylic oxidation sites excluding steroid dienone is 1. The highest BCUT2D eigenvalue weighted by molar-refractivity contribution is 8.03. The van der Waals surface area contributed by atoms with E-state index >= 15 is 0 Å². The van der Waals surface area contributed by atoms with Crippen molar-refractivity contribution in [2.45, 2.75) is 26.1 Å². The third kappa shape index (κ3) is 3.47. The molecule has 0 bridgehead atoms. The third-order valence-corrected chi connectivity index (χ3v) is 3.89. The van der Waals surface area contributed by atoms with E-state index < -0.39 is 0 Å². The van der Waals surface area contributed by atoms with Gasteiger partial charge in [-0.1, -0.05) is 13.0 Å². The Bertz CT molecular complexity index is 281. The summed E-state index contributed by atoms with van der Waals surface area (Å²) in [7, 11) is 3.31. The first kappa shape index (κ1) is 14.5. The van der Waals surface area contributed by atoms with Gasteiger partial charge in [0.05, 0.1) is 4.91 Å². The second kappa shape index (κ2) is 7.03. The first-order chi connectivity index (χ1) is 8.17. The average molecular weight is 259 g/mol. The molecule has 1 aliphatic rings. The number of hydrogen-bond donors (Lipinski definition) is 0. The smallest absolute Gasteiger partial charge is 0.260 e. The van der Waals surface area contributed by atoms with E-state index in [-0.39, 0.29) is 18.1 Å². The van der Waals surface area contributed by atoms with Crippen LogP contribution in [0.1, 0.15) is 13.8 Å². The lowest BCUT2D eigenvalue weighted by Gasteiger charge is -2.17. The van der Waals surface area contributed by atoms with E-state index in [0.717, 1.165) is 10.7 Å². The van der Waals surface area contributed by atoms with Crippen molar-refractivity contribution in [2.24, 2.45) is 0 Å². The standard InChI is InChI=1S/C12H21NO3S/c1-5-11(17-6-2)12(14)13-7-9(15-3)10(8-13)16-4/h5,9-10H,6-8H2,1-4H3/b11-5-. The lowest BCUT2D eigenvalue weighted by molar-refractivity contribution is -0.126. The van der Waals surface area contributed by atoms with Gasteiger partial charge in [0, 0.05) is 27.3 Å². The van der Waals surface area contributed by atoms with Crippen LogP contribution in [-0.4, -0.2) is 56.1 Å². The Balaban J connectivity index is 2.66. The molecule has 0 radical (unpaired) electrons. The van der Waals surface area contributed by atoms with Gasteiger partial charge in [-0.2, -0.15) is 0 Å². The van der Waals surface area contributed by atoms with Crippen molar-refractivity contribution in [3.8, 4) is 0 Å². The molecule has 0 spiro atoms. The minimum Gasteiger partial charge on any atom is -0.377 e. The Morgan fingerprint density at radius 3 is 2.24 bits per heavy atom. The summed E-state index contributed by atoms with van der Waals surface area (Å²) in [4.78, 5) is 14.8. The maximum Gasteiger partial charge on any atom is 0.260 e. The van der Waals surface area contributed by atoms with Crippen LogP contribution in [0.2, 0.25) is 0 Å². The Morgan fingerprint density at radius 2 is 1.88 bits per heavy atom. The zero-order valence-corrected chi connectivity index (χ0v) is 11.8. The number of amides is 1. The van der Waals surface area contributed by atoms with Crippen LogP contribution in [0.5, 0.6) is 0 Å². The molecule has 1 amide bonds. The van der Waals surface area contributed by atoms with E-state index in [1.165, 1.54) is 0 Å². The van der Waals surface area contributed by atoms with Crippen LogP contribution in [-0.2, 0) is 14.3 Å². The molecule has 0 aromatic rings. The molecule has 1 saturated heterocycles. The summed E-state index contributed by atoms with van der Waals surface area (Å²) < 4.78 is 10.6. The number of carbonyl (C=O) groups is 1. The van der Waals surface area contributed by atoms with Gasteiger partial charge in [0.1, 0.15) is 12.2 Å². The van der Waals surface area contributed by atoms with Gasteiger partial charge in [-0.25, -0.2) is 0 Å². The molecular formula is C12H21NO3S. The molecule has 1 heterocycles. The van der Waals surface area contributed by atoms with Crippen molar-refractivity contribution in [1.82, 2.24) is 4.90 Å². The van der Waals surface area contributed by atoms with E-state index in [4.69, 9.17) is 9.47 Å². The van der Waals surface area contributed by atoms with Crippen molar-refractivity contribution < 1.29 is 14.3 Å². The van der Waals surface area contributed by atoms with E-state index in [9.17, 15) is 4.79 Å². The van der Waals surface area contributed by atoms with Gasteiger partial charge in [0.25, 0.3) is 5.91 Å². The molecule has 1 rings (SSSR count). The fourth-order valence-corrected chi connectivity index (χ4v) is 2.67. The van der Waals surface area contributed by atoms with E-state index in [1.54, 1.807) is 30.9 Å². The summed E-state index contributed by atoms with van der Waals surface area (Å²) in [5, 5.41) is 0. The molecule has 0 aromatic heterocycles. The van der Waals surface area contributed by atoms with Crippen molar-refractivity contribution in [3.05, 3.63) is 11.0 Å². The zero-order chi connectivity index (χ0) is 12.8. The minimum absolute atomic E-state index is 0.0197. The predicted octanol–water partition coefficient (Wildman–Crippen LogP) is 1.52. The summed E-state index contributed by atoms with van der Waals surface area (Å²) in [5.74, 6) is 0.988. The summed E-state index contributed by atoms with van der Waals surface area (Å²) in [5.41, 5.74) is 0. The van der Waals surface area contributed by atoms with Crippen LogP contribution in [0.25, 0.3) is 0 Å². The Kier molecular flexibility index (Phi) is 6.02. The second-order valence-corrected chi connectivity index (χ2v) is 5.15. The summed E-state index contributed by atoms with van der Waals surface area (Å²) in [6.45, 7) is 5.15. The molecule has 98 valence electrons. The number of hydrogen-bond acceptors (Lipinski definition) is 4. The first-order valence-corrected chi connectivity index (χ1v) is 6.80. The van der Waals surface area contributed by atoms with Gasteiger partial charge in [0.15, 0.2) is 0 Å². The highest BCUT2D eigenvalue weighted by Crippen LogP contribution is 2.23. The van der Waals surface area contributed by atoms with Crippen LogP contribution >= 0.6 is 11.8 Å². The number of thioether (sulfide) groups is 1. The number of carbonyl (C=O) groups excluding carboxylic acids is 1. The van der Waals surface area contributed by atoms with Crippen LogP contribution in [0.15, 0.2) is 11.0 Å². The van der Waals surface area contributed by atoms with Crippen LogP contribution in [0.3, 0.4) is 0 Å². The monoisotopic (exact) mass is 259 g/mol. The maximum atomic E-state index is 12.2. The van der Waals surface area contributed by atoms with Gasteiger partial charge in [-0.15, -0.1) is 11.8 Å². The molecule has 0 saturated carbocycles. The molecule has 0 aromatic carbocycles. The average Bonchev–Trinajstić information content (AvgIpc) is 2.78. The fraction of sp³-hybridized carbons (Fsp3) is 0.750. The Morgan fingerprint density at radius 1 is 1.35 bits per heavy atom. The van der Waals surface area contributed by atoms with Crippen molar-refractivity contribution in [2.75, 3.05) is 33.1 Å². The van der Waals surface area contributed by atoms with Crippen LogP contribution in [0, 0.1) is 0 Å². The lowest BCUT2D eigenvalue weighted by atomic mass is 10.3. The zero-order valence-electron chi connectivity index (χ0n) is 10.9. The van der Waals surface area contributed by atoms with Crippen molar-refractivity contribution in [1.29, 1.82) is 0 Å². The molecule has 2 unspecified atom stereocenters. The topological polar surface area (TPSA) is 38.8 Å². The minimum atomic E-state index is -0.0197. The number of methoxy groups -OCH3 is 2. The highest BCUT2D eigenvalue weighted by Gasteiger charge is 2.36. The molecule has 2 atom stereocenters. The number of nitrogens with zero attached hydrogens (tertiary/aromatic N) is 1. The number of ether oxygens (including phenoxy) is 2. The maximum absolute atomic E-state index is 12.2. The molecule has 1 aliphatic heterocycles. The van der Waals surface area contributed by atoms with Gasteiger partial charge in [0.2, 0.25) is 0 Å². The largest absolute Gasteiger partial charge is 0.377 e. The van der Waals surface area contributed by atoms with Crippen molar-refractivity contribution in [3.63, 3.8) is 0 Å². The van der Waals surface area contributed by atoms with Crippen LogP contribution < -0.4 is 0 Å². The van der Waals surface area contributed by atoms with Gasteiger partial charge in [-0.05, 0) is 12.7 Å². The number of likely N-dealkylation sites (tertiary alicyclic amines) is 1.